The molecule has 0 saturated heterocycles. The number of carbonyl (C=O) groups is 1. The molecule has 0 radical (unpaired) electrons. The molecule has 0 fully saturated rings. The predicted octanol–water partition coefficient (Wildman–Crippen LogP) is 4.68. The van der Waals surface area contributed by atoms with Gasteiger partial charge in [0, 0.05) is 36.0 Å². The van der Waals surface area contributed by atoms with E-state index >= 15 is 0 Å². The van der Waals surface area contributed by atoms with E-state index in [1.165, 1.54) is 13.2 Å². The minimum Gasteiger partial charge on any atom is -0.494 e. The summed E-state index contributed by atoms with van der Waals surface area (Å²) in [5.41, 5.74) is 2.76. The number of pyridine rings is 1. The molecule has 2 aromatic carbocycles. The van der Waals surface area contributed by atoms with E-state index in [0.29, 0.717) is 34.9 Å². The summed E-state index contributed by atoms with van der Waals surface area (Å²) in [6.07, 6.45) is 6.79. The van der Waals surface area contributed by atoms with Crippen LogP contribution in [-0.4, -0.2) is 30.6 Å². The van der Waals surface area contributed by atoms with Gasteiger partial charge in [-0.3, -0.25) is 9.78 Å². The van der Waals surface area contributed by atoms with Crippen LogP contribution in [0.3, 0.4) is 0 Å². The van der Waals surface area contributed by atoms with Gasteiger partial charge in [0.05, 0.1) is 18.7 Å². The van der Waals surface area contributed by atoms with E-state index < -0.39 is 5.82 Å². The molecule has 4 rings (SSSR count). The van der Waals surface area contributed by atoms with E-state index in [1.54, 1.807) is 48.8 Å². The van der Waals surface area contributed by atoms with E-state index in [-0.39, 0.29) is 17.8 Å². The summed E-state index contributed by atoms with van der Waals surface area (Å²) >= 11 is 6.41. The molecule has 0 saturated carbocycles. The zero-order chi connectivity index (χ0) is 21.8. The zero-order valence-electron chi connectivity index (χ0n) is 16.8. The molecule has 3 aromatic rings. The Morgan fingerprint density at radius 2 is 2.23 bits per heavy atom. The van der Waals surface area contributed by atoms with Gasteiger partial charge in [0.1, 0.15) is 11.9 Å². The van der Waals surface area contributed by atoms with Crippen LogP contribution in [0.4, 0.5) is 4.39 Å². The van der Waals surface area contributed by atoms with Gasteiger partial charge in [-0.15, -0.1) is 0 Å². The minimum absolute atomic E-state index is 0.172. The van der Waals surface area contributed by atoms with Crippen molar-refractivity contribution in [1.29, 1.82) is 0 Å². The fraction of sp³-hybridized carbons (Fsp3) is 0.167. The Hall–Kier alpha value is -3.38. The number of aromatic nitrogens is 1. The number of nitrogens with one attached hydrogen (secondary N) is 1. The second kappa shape index (κ2) is 9.18. The van der Waals surface area contributed by atoms with Crippen molar-refractivity contribution in [3.8, 4) is 22.6 Å². The van der Waals surface area contributed by atoms with Crippen molar-refractivity contribution >= 4 is 23.6 Å². The third-order valence-corrected chi connectivity index (χ3v) is 5.24. The highest BCUT2D eigenvalue weighted by molar-refractivity contribution is 6.32. The van der Waals surface area contributed by atoms with Crippen molar-refractivity contribution < 1.29 is 18.7 Å². The quantitative estimate of drug-likeness (QED) is 0.567. The van der Waals surface area contributed by atoms with Crippen LogP contribution in [0, 0.1) is 5.82 Å². The Balaban J connectivity index is 1.43. The summed E-state index contributed by atoms with van der Waals surface area (Å²) in [4.78, 5) is 16.1. The Kier molecular flexibility index (Phi) is 6.18. The predicted molar refractivity (Wildman–Crippen MR) is 118 cm³/mol. The van der Waals surface area contributed by atoms with Gasteiger partial charge in [0.15, 0.2) is 11.6 Å². The first-order chi connectivity index (χ1) is 15.0. The SMILES string of the molecule is COc1cccc(-c2cc(Cl)c3c(c2)CC(CNC(=O)C=Cc2cccnc2)O3)c1F. The second-order valence-electron chi connectivity index (χ2n) is 7.08. The molecule has 1 unspecified atom stereocenters. The molecule has 1 aromatic heterocycles. The summed E-state index contributed by atoms with van der Waals surface area (Å²) in [6.45, 7) is 0.323. The number of methoxy groups -OCH3 is 1. The third kappa shape index (κ3) is 4.70. The molecule has 1 N–H and O–H groups in total. The van der Waals surface area contributed by atoms with E-state index in [0.717, 1.165) is 11.1 Å². The van der Waals surface area contributed by atoms with E-state index in [9.17, 15) is 9.18 Å². The number of nitrogens with zero attached hydrogens (tertiary/aromatic N) is 1. The Morgan fingerprint density at radius 3 is 3.00 bits per heavy atom. The molecule has 7 heteroatoms. The number of fused-ring (bicyclic) bond motifs is 1. The number of ether oxygens (including phenoxy) is 2. The summed E-state index contributed by atoms with van der Waals surface area (Å²) < 4.78 is 25.7. The van der Waals surface area contributed by atoms with Crippen molar-refractivity contribution in [2.75, 3.05) is 13.7 Å². The number of amides is 1. The third-order valence-electron chi connectivity index (χ3n) is 4.96. The fourth-order valence-electron chi connectivity index (χ4n) is 3.47. The van der Waals surface area contributed by atoms with Crippen molar-refractivity contribution in [2.45, 2.75) is 12.5 Å². The fourth-order valence-corrected chi connectivity index (χ4v) is 3.75. The van der Waals surface area contributed by atoms with E-state index in [1.807, 2.05) is 12.1 Å². The molecule has 2 heterocycles. The molecule has 1 aliphatic rings. The standard InChI is InChI=1S/C24H20ClFN2O3/c1-30-21-6-2-5-19(23(21)26)16-10-17-11-18(31-24(17)20(25)12-16)14-28-22(29)8-7-15-4-3-9-27-13-15/h2-10,12-13,18H,11,14H2,1H3,(H,28,29). The van der Waals surface area contributed by atoms with Crippen LogP contribution in [-0.2, 0) is 11.2 Å². The molecule has 5 nitrogen and oxygen atoms in total. The number of hydrogen-bond acceptors (Lipinski definition) is 4. The lowest BCUT2D eigenvalue weighted by atomic mass is 10.00. The zero-order valence-corrected chi connectivity index (χ0v) is 17.5. The number of rotatable bonds is 6. The van der Waals surface area contributed by atoms with Crippen LogP contribution in [0.15, 0.2) is 60.9 Å². The van der Waals surface area contributed by atoms with Crippen LogP contribution in [0.25, 0.3) is 17.2 Å². The normalized spacial score (nSPS) is 14.9. The molecular weight excluding hydrogens is 419 g/mol. The van der Waals surface area contributed by atoms with E-state index in [4.69, 9.17) is 21.1 Å². The topological polar surface area (TPSA) is 60.5 Å². The molecule has 31 heavy (non-hydrogen) atoms. The summed E-state index contributed by atoms with van der Waals surface area (Å²) in [5.74, 6) is 0.0713. The lowest BCUT2D eigenvalue weighted by Crippen LogP contribution is -2.33. The molecule has 1 amide bonds. The van der Waals surface area contributed by atoms with Gasteiger partial charge >= 0.3 is 0 Å². The van der Waals surface area contributed by atoms with Gasteiger partial charge in [-0.1, -0.05) is 29.8 Å². The molecule has 1 aliphatic heterocycles. The maximum atomic E-state index is 14.7. The van der Waals surface area contributed by atoms with Crippen molar-refractivity contribution in [3.63, 3.8) is 0 Å². The van der Waals surface area contributed by atoms with Gasteiger partial charge in [0.2, 0.25) is 5.91 Å². The summed E-state index contributed by atoms with van der Waals surface area (Å²) in [5, 5.41) is 3.23. The molecule has 0 bridgehead atoms. The largest absolute Gasteiger partial charge is 0.494 e. The Bertz CT molecular complexity index is 1140. The van der Waals surface area contributed by atoms with Crippen LogP contribution >= 0.6 is 11.6 Å². The van der Waals surface area contributed by atoms with Gasteiger partial charge < -0.3 is 14.8 Å². The molecule has 0 aliphatic carbocycles. The average Bonchev–Trinajstić information content (AvgIpc) is 3.21. The average molecular weight is 439 g/mol. The van der Waals surface area contributed by atoms with Crippen LogP contribution in [0.1, 0.15) is 11.1 Å². The first kappa shape index (κ1) is 20.9. The number of benzene rings is 2. The molecule has 0 spiro atoms. The Morgan fingerprint density at radius 1 is 1.35 bits per heavy atom. The van der Waals surface area contributed by atoms with E-state index in [2.05, 4.69) is 10.3 Å². The molecule has 158 valence electrons. The van der Waals surface area contributed by atoms with Crippen molar-refractivity contribution in [1.82, 2.24) is 10.3 Å². The molecule has 1 atom stereocenters. The first-order valence-electron chi connectivity index (χ1n) is 9.73. The van der Waals surface area contributed by atoms with Crippen LogP contribution in [0.5, 0.6) is 11.5 Å². The highest BCUT2D eigenvalue weighted by Gasteiger charge is 2.27. The maximum absolute atomic E-state index is 14.7. The smallest absolute Gasteiger partial charge is 0.244 e. The monoisotopic (exact) mass is 438 g/mol. The first-order valence-corrected chi connectivity index (χ1v) is 10.1. The lowest BCUT2D eigenvalue weighted by Gasteiger charge is -2.12. The van der Waals surface area contributed by atoms with Gasteiger partial charge in [-0.25, -0.2) is 4.39 Å². The van der Waals surface area contributed by atoms with Crippen molar-refractivity contribution in [3.05, 3.63) is 82.9 Å². The Labute approximate surface area is 184 Å². The van der Waals surface area contributed by atoms with Crippen LogP contribution in [0.2, 0.25) is 5.02 Å². The van der Waals surface area contributed by atoms with Crippen molar-refractivity contribution in [2.24, 2.45) is 0 Å². The molecular formula is C24H20ClFN2O3. The summed E-state index contributed by atoms with van der Waals surface area (Å²) in [7, 11) is 1.43. The number of carbonyl (C=O) groups excluding carboxylic acids is 1. The highest BCUT2D eigenvalue weighted by Crippen LogP contribution is 2.40. The second-order valence-corrected chi connectivity index (χ2v) is 7.48. The van der Waals surface area contributed by atoms with Gasteiger partial charge in [0.25, 0.3) is 0 Å². The summed E-state index contributed by atoms with van der Waals surface area (Å²) in [6, 6.07) is 12.2. The highest BCUT2D eigenvalue weighted by atomic mass is 35.5. The number of halogens is 2. The maximum Gasteiger partial charge on any atom is 0.244 e. The van der Waals surface area contributed by atoms with Crippen LogP contribution < -0.4 is 14.8 Å². The number of hydrogen-bond donors (Lipinski definition) is 1. The minimum atomic E-state index is -0.441. The lowest BCUT2D eigenvalue weighted by molar-refractivity contribution is -0.116. The van der Waals surface area contributed by atoms with Gasteiger partial charge in [-0.2, -0.15) is 0 Å². The van der Waals surface area contributed by atoms with Gasteiger partial charge in [-0.05, 0) is 41.5 Å².